The van der Waals surface area contributed by atoms with E-state index < -0.39 is 22.0 Å². The van der Waals surface area contributed by atoms with Crippen LogP contribution in [0.25, 0.3) is 10.6 Å². The van der Waals surface area contributed by atoms with Crippen molar-refractivity contribution in [2.45, 2.75) is 41.6 Å². The van der Waals surface area contributed by atoms with E-state index in [4.69, 9.17) is 5.11 Å². The summed E-state index contributed by atoms with van der Waals surface area (Å²) in [6.45, 7) is 0.138. The summed E-state index contributed by atoms with van der Waals surface area (Å²) in [7, 11) is -3.81. The van der Waals surface area contributed by atoms with Gasteiger partial charge in [0.15, 0.2) is 0 Å². The maximum absolute atomic E-state index is 12.7. The molecule has 3 aromatic rings. The highest BCUT2D eigenvalue weighted by Gasteiger charge is 2.41. The van der Waals surface area contributed by atoms with E-state index in [1.54, 1.807) is 0 Å². The molecule has 0 saturated heterocycles. The van der Waals surface area contributed by atoms with Gasteiger partial charge in [0.05, 0.1) is 4.88 Å². The van der Waals surface area contributed by atoms with E-state index in [-0.39, 0.29) is 33.3 Å². The molecule has 2 heterocycles. The Hall–Kier alpha value is -2.21. The number of alkyl halides is 3. The lowest BCUT2D eigenvalue weighted by Gasteiger charge is -2.06. The molecule has 0 amide bonds. The average molecular weight is 473 g/mol. The van der Waals surface area contributed by atoms with E-state index in [2.05, 4.69) is 14.4 Å². The van der Waals surface area contributed by atoms with Crippen LogP contribution in [0.5, 0.6) is 0 Å². The summed E-state index contributed by atoms with van der Waals surface area (Å²) in [4.78, 5) is 0.269. The summed E-state index contributed by atoms with van der Waals surface area (Å²) >= 11 is 0.832. The lowest BCUT2D eigenvalue weighted by atomic mass is 10.0. The standard InChI is InChI=1S/C20H19F3N2O4S2/c21-20(22,23)18-11-16(24-29-18)17-7-8-19(30-17)31(27,28)25-15-10-14(15)13-5-3-12(4-6-13)2-1-9-26/h3-8,11,14-15,25-26H,1-2,9-10H2/t14-,15+/m1/s1. The molecule has 0 spiro atoms. The van der Waals surface area contributed by atoms with Gasteiger partial charge in [-0.25, -0.2) is 13.1 Å². The second-order valence-corrected chi connectivity index (χ2v) is 10.4. The largest absolute Gasteiger partial charge is 0.452 e. The van der Waals surface area contributed by atoms with Gasteiger partial charge in [0.25, 0.3) is 0 Å². The normalized spacial score (nSPS) is 19.0. The Morgan fingerprint density at radius 1 is 1.19 bits per heavy atom. The molecular formula is C20H19F3N2O4S2. The van der Waals surface area contributed by atoms with Crippen molar-refractivity contribution in [3.8, 4) is 10.6 Å². The number of aliphatic hydroxyl groups is 1. The van der Waals surface area contributed by atoms with E-state index in [0.717, 1.165) is 35.0 Å². The van der Waals surface area contributed by atoms with Crippen LogP contribution in [0.4, 0.5) is 13.2 Å². The first-order valence-corrected chi connectivity index (χ1v) is 11.8. The summed E-state index contributed by atoms with van der Waals surface area (Å²) in [5.41, 5.74) is 2.09. The third kappa shape index (κ3) is 5.00. The first kappa shape index (κ1) is 22.0. The molecule has 1 aromatic carbocycles. The highest BCUT2D eigenvalue weighted by Crippen LogP contribution is 2.42. The number of benzene rings is 1. The molecule has 0 bridgehead atoms. The van der Waals surface area contributed by atoms with Crippen LogP contribution in [0.3, 0.4) is 0 Å². The van der Waals surface area contributed by atoms with Crippen LogP contribution in [0.1, 0.15) is 35.6 Å². The number of sulfonamides is 1. The predicted molar refractivity (Wildman–Crippen MR) is 108 cm³/mol. The topological polar surface area (TPSA) is 92.4 Å². The number of thiophene rings is 1. The first-order valence-electron chi connectivity index (χ1n) is 9.53. The summed E-state index contributed by atoms with van der Waals surface area (Å²) in [5, 5.41) is 12.3. The molecular weight excluding hydrogens is 453 g/mol. The van der Waals surface area contributed by atoms with Crippen molar-refractivity contribution in [2.75, 3.05) is 6.61 Å². The van der Waals surface area contributed by atoms with Gasteiger partial charge in [-0.05, 0) is 42.5 Å². The van der Waals surface area contributed by atoms with Gasteiger partial charge in [-0.3, -0.25) is 0 Å². The molecule has 6 nitrogen and oxygen atoms in total. The van der Waals surface area contributed by atoms with Gasteiger partial charge in [-0.15, -0.1) is 11.3 Å². The van der Waals surface area contributed by atoms with Crippen molar-refractivity contribution in [3.05, 3.63) is 59.4 Å². The third-order valence-corrected chi connectivity index (χ3v) is 8.11. The fourth-order valence-corrected chi connectivity index (χ4v) is 5.86. The highest BCUT2D eigenvalue weighted by molar-refractivity contribution is 7.91. The zero-order chi connectivity index (χ0) is 22.2. The number of nitrogens with zero attached hydrogens (tertiary/aromatic N) is 1. The van der Waals surface area contributed by atoms with Crippen LogP contribution >= 0.6 is 11.3 Å². The van der Waals surface area contributed by atoms with E-state index in [1.165, 1.54) is 12.1 Å². The molecule has 0 aliphatic heterocycles. The summed E-state index contributed by atoms with van der Waals surface area (Å²) in [5.74, 6) is -1.16. The number of nitrogens with one attached hydrogen (secondary N) is 1. The molecule has 1 fully saturated rings. The van der Waals surface area contributed by atoms with Gasteiger partial charge in [-0.2, -0.15) is 13.2 Å². The Morgan fingerprint density at radius 3 is 2.58 bits per heavy atom. The van der Waals surface area contributed by atoms with Gasteiger partial charge in [-0.1, -0.05) is 29.4 Å². The van der Waals surface area contributed by atoms with Gasteiger partial charge < -0.3 is 9.63 Å². The quantitative estimate of drug-likeness (QED) is 0.513. The lowest BCUT2D eigenvalue weighted by molar-refractivity contribution is -0.155. The van der Waals surface area contributed by atoms with E-state index >= 15 is 0 Å². The van der Waals surface area contributed by atoms with Gasteiger partial charge in [0, 0.05) is 24.6 Å². The second-order valence-electron chi connectivity index (χ2n) is 7.33. The molecule has 11 heteroatoms. The minimum absolute atomic E-state index is 0.00376. The predicted octanol–water partition coefficient (Wildman–Crippen LogP) is 4.18. The summed E-state index contributed by atoms with van der Waals surface area (Å²) in [6.07, 6.45) is -2.50. The Kier molecular flexibility index (Phi) is 5.95. The number of hydrogen-bond acceptors (Lipinski definition) is 6. The number of hydrogen-bond donors (Lipinski definition) is 2. The number of aryl methyl sites for hydroxylation is 1. The van der Waals surface area contributed by atoms with Crippen LogP contribution in [-0.2, 0) is 22.6 Å². The zero-order valence-corrected chi connectivity index (χ0v) is 17.7. The minimum Gasteiger partial charge on any atom is -0.396 e. The molecule has 1 aliphatic rings. The summed E-state index contributed by atoms with van der Waals surface area (Å²) in [6, 6.07) is 11.2. The molecule has 1 saturated carbocycles. The van der Waals surface area contributed by atoms with Crippen LogP contribution < -0.4 is 4.72 Å². The van der Waals surface area contributed by atoms with Gasteiger partial charge in [0.2, 0.25) is 15.8 Å². The molecule has 2 N–H and O–H groups in total. The van der Waals surface area contributed by atoms with Crippen molar-refractivity contribution < 1.29 is 31.2 Å². The molecule has 0 unspecified atom stereocenters. The van der Waals surface area contributed by atoms with Crippen molar-refractivity contribution in [1.82, 2.24) is 9.88 Å². The number of rotatable bonds is 8. The minimum atomic E-state index is -4.66. The highest BCUT2D eigenvalue weighted by atomic mass is 32.2. The fourth-order valence-electron chi connectivity index (χ4n) is 3.29. The Balaban J connectivity index is 1.41. The van der Waals surface area contributed by atoms with Crippen molar-refractivity contribution >= 4 is 21.4 Å². The molecule has 2 atom stereocenters. The van der Waals surface area contributed by atoms with Crippen molar-refractivity contribution in [3.63, 3.8) is 0 Å². The number of aliphatic hydroxyl groups excluding tert-OH is 1. The summed E-state index contributed by atoms with van der Waals surface area (Å²) < 4.78 is 70.4. The molecule has 0 radical (unpaired) electrons. The molecule has 4 rings (SSSR count). The maximum atomic E-state index is 12.7. The maximum Gasteiger partial charge on any atom is 0.452 e. The van der Waals surface area contributed by atoms with Gasteiger partial charge in [0.1, 0.15) is 9.90 Å². The van der Waals surface area contributed by atoms with Crippen LogP contribution in [0.2, 0.25) is 0 Å². The smallest absolute Gasteiger partial charge is 0.396 e. The molecule has 2 aromatic heterocycles. The Labute approximate surface area is 180 Å². The van der Waals surface area contributed by atoms with E-state index in [1.807, 2.05) is 24.3 Å². The van der Waals surface area contributed by atoms with Gasteiger partial charge >= 0.3 is 6.18 Å². The molecule has 166 valence electrons. The molecule has 1 aliphatic carbocycles. The Morgan fingerprint density at radius 2 is 1.94 bits per heavy atom. The third-order valence-electron chi connectivity index (χ3n) is 5.02. The SMILES string of the molecule is O=S(=O)(N[C@H]1C[C@@H]1c1ccc(CCCO)cc1)c1ccc(-c2cc(C(F)(F)F)on2)s1. The van der Waals surface area contributed by atoms with E-state index in [0.29, 0.717) is 12.8 Å². The zero-order valence-electron chi connectivity index (χ0n) is 16.1. The van der Waals surface area contributed by atoms with Crippen LogP contribution in [0, 0.1) is 0 Å². The first-order chi connectivity index (χ1) is 14.7. The number of halogens is 3. The average Bonchev–Trinajstić information content (AvgIpc) is 3.13. The number of aromatic nitrogens is 1. The Bertz CT molecular complexity index is 1150. The van der Waals surface area contributed by atoms with E-state index in [9.17, 15) is 21.6 Å². The second kappa shape index (κ2) is 8.38. The fraction of sp³-hybridized carbons (Fsp3) is 0.350. The van der Waals surface area contributed by atoms with Crippen LogP contribution in [-0.4, -0.2) is 31.3 Å². The van der Waals surface area contributed by atoms with Crippen molar-refractivity contribution in [2.24, 2.45) is 0 Å². The molecule has 31 heavy (non-hydrogen) atoms. The lowest BCUT2D eigenvalue weighted by Crippen LogP contribution is -2.26. The monoisotopic (exact) mass is 472 g/mol. The van der Waals surface area contributed by atoms with Crippen molar-refractivity contribution in [1.29, 1.82) is 0 Å². The van der Waals surface area contributed by atoms with Crippen LogP contribution in [0.15, 0.2) is 51.2 Å².